The number of hydrogen-bond acceptors (Lipinski definition) is 2. The average Bonchev–Trinajstić information content (AvgIpc) is 2.35. The second-order valence-electron chi connectivity index (χ2n) is 4.17. The van der Waals surface area contributed by atoms with Crippen LogP contribution < -0.4 is 10.5 Å². The topological polar surface area (TPSA) is 35.2 Å². The van der Waals surface area contributed by atoms with Crippen LogP contribution >= 0.6 is 23.8 Å². The number of rotatable bonds is 3. The molecular formula is C14H10ClF2NOS. The molecule has 2 N–H and O–H groups in total. The molecule has 0 bridgehead atoms. The number of ether oxygens (including phenoxy) is 1. The molecule has 0 aliphatic rings. The Kier molecular flexibility index (Phi) is 4.20. The molecule has 0 aliphatic heterocycles. The molecule has 2 aromatic rings. The summed E-state index contributed by atoms with van der Waals surface area (Å²) in [6.45, 7) is 1.84. The molecule has 0 radical (unpaired) electrons. The fraction of sp³-hybridized carbons (Fsp3) is 0.0714. The summed E-state index contributed by atoms with van der Waals surface area (Å²) >= 11 is 10.6. The molecule has 0 spiro atoms. The molecule has 0 unspecified atom stereocenters. The Balaban J connectivity index is 2.41. The van der Waals surface area contributed by atoms with Gasteiger partial charge in [0.1, 0.15) is 10.7 Å². The van der Waals surface area contributed by atoms with Gasteiger partial charge in [0.25, 0.3) is 0 Å². The van der Waals surface area contributed by atoms with E-state index in [4.69, 9.17) is 22.1 Å². The zero-order chi connectivity index (χ0) is 14.9. The SMILES string of the molecule is Cc1ccc(Oc2c(F)cc(C(N)=S)cc2F)c(Cl)c1. The fourth-order valence-corrected chi connectivity index (χ4v) is 1.99. The third kappa shape index (κ3) is 3.05. The van der Waals surface area contributed by atoms with E-state index in [0.717, 1.165) is 17.7 Å². The minimum absolute atomic E-state index is 0.0947. The Morgan fingerprint density at radius 1 is 1.20 bits per heavy atom. The van der Waals surface area contributed by atoms with Crippen molar-refractivity contribution in [3.63, 3.8) is 0 Å². The predicted octanol–water partition coefficient (Wildman–Crippen LogP) is 4.35. The molecule has 2 nitrogen and oxygen atoms in total. The highest BCUT2D eigenvalue weighted by Gasteiger charge is 2.16. The summed E-state index contributed by atoms with van der Waals surface area (Å²) in [5.41, 5.74) is 6.34. The normalized spacial score (nSPS) is 10.4. The van der Waals surface area contributed by atoms with E-state index in [1.54, 1.807) is 12.1 Å². The van der Waals surface area contributed by atoms with E-state index in [2.05, 4.69) is 12.2 Å². The molecule has 0 saturated heterocycles. The predicted molar refractivity (Wildman–Crippen MR) is 78.5 cm³/mol. The van der Waals surface area contributed by atoms with E-state index >= 15 is 0 Å². The van der Waals surface area contributed by atoms with Gasteiger partial charge in [-0.3, -0.25) is 0 Å². The lowest BCUT2D eigenvalue weighted by Gasteiger charge is -2.11. The summed E-state index contributed by atoms with van der Waals surface area (Å²) in [6, 6.07) is 6.93. The number of nitrogens with two attached hydrogens (primary N) is 1. The Labute approximate surface area is 125 Å². The summed E-state index contributed by atoms with van der Waals surface area (Å²) in [4.78, 5) is -0.0947. The lowest BCUT2D eigenvalue weighted by atomic mass is 10.2. The lowest BCUT2D eigenvalue weighted by molar-refractivity contribution is 0.407. The van der Waals surface area contributed by atoms with Crippen molar-refractivity contribution in [1.82, 2.24) is 0 Å². The van der Waals surface area contributed by atoms with Crippen LogP contribution in [0.15, 0.2) is 30.3 Å². The largest absolute Gasteiger partial charge is 0.450 e. The minimum atomic E-state index is -0.899. The van der Waals surface area contributed by atoms with Crippen LogP contribution in [-0.2, 0) is 0 Å². The number of halogens is 3. The molecule has 6 heteroatoms. The lowest BCUT2D eigenvalue weighted by Crippen LogP contribution is -2.10. The average molecular weight is 314 g/mol. The van der Waals surface area contributed by atoms with Crippen molar-refractivity contribution < 1.29 is 13.5 Å². The molecule has 0 saturated carbocycles. The number of benzene rings is 2. The van der Waals surface area contributed by atoms with Gasteiger partial charge in [-0.1, -0.05) is 29.9 Å². The highest BCUT2D eigenvalue weighted by atomic mass is 35.5. The van der Waals surface area contributed by atoms with Gasteiger partial charge in [0.15, 0.2) is 17.4 Å². The molecule has 20 heavy (non-hydrogen) atoms. The first-order valence-electron chi connectivity index (χ1n) is 5.61. The smallest absolute Gasteiger partial charge is 0.198 e. The summed E-state index contributed by atoms with van der Waals surface area (Å²) in [5, 5.41) is 0.266. The third-order valence-corrected chi connectivity index (χ3v) is 3.11. The van der Waals surface area contributed by atoms with Crippen LogP contribution in [-0.4, -0.2) is 4.99 Å². The van der Waals surface area contributed by atoms with E-state index in [-0.39, 0.29) is 21.3 Å². The van der Waals surface area contributed by atoms with E-state index in [9.17, 15) is 8.78 Å². The first-order valence-corrected chi connectivity index (χ1v) is 6.40. The van der Waals surface area contributed by atoms with Gasteiger partial charge in [-0.15, -0.1) is 0 Å². The van der Waals surface area contributed by atoms with Crippen LogP contribution in [0.3, 0.4) is 0 Å². The first-order chi connectivity index (χ1) is 9.38. The van der Waals surface area contributed by atoms with Gasteiger partial charge < -0.3 is 10.5 Å². The van der Waals surface area contributed by atoms with Crippen molar-refractivity contribution in [3.05, 3.63) is 58.1 Å². The zero-order valence-electron chi connectivity index (χ0n) is 10.4. The molecule has 2 aromatic carbocycles. The molecule has 0 aromatic heterocycles. The molecule has 0 fully saturated rings. The summed E-state index contributed by atoms with van der Waals surface area (Å²) < 4.78 is 32.9. The van der Waals surface area contributed by atoms with E-state index in [1.807, 2.05) is 6.92 Å². The maximum atomic E-state index is 13.8. The van der Waals surface area contributed by atoms with Crippen molar-refractivity contribution in [2.24, 2.45) is 5.73 Å². The minimum Gasteiger partial charge on any atom is -0.450 e. The van der Waals surface area contributed by atoms with Crippen LogP contribution in [0.4, 0.5) is 8.78 Å². The Morgan fingerprint density at radius 2 is 1.80 bits per heavy atom. The van der Waals surface area contributed by atoms with Crippen LogP contribution in [0, 0.1) is 18.6 Å². The van der Waals surface area contributed by atoms with Gasteiger partial charge in [-0.25, -0.2) is 8.78 Å². The highest BCUT2D eigenvalue weighted by Crippen LogP contribution is 2.33. The molecule has 0 heterocycles. The van der Waals surface area contributed by atoms with Crippen molar-refractivity contribution in [3.8, 4) is 11.5 Å². The fourth-order valence-electron chi connectivity index (χ4n) is 1.60. The zero-order valence-corrected chi connectivity index (χ0v) is 12.0. The van der Waals surface area contributed by atoms with Crippen LogP contribution in [0.1, 0.15) is 11.1 Å². The maximum Gasteiger partial charge on any atom is 0.198 e. The van der Waals surface area contributed by atoms with E-state index < -0.39 is 17.4 Å². The van der Waals surface area contributed by atoms with E-state index in [0.29, 0.717) is 0 Å². The molecule has 0 aliphatic carbocycles. The van der Waals surface area contributed by atoms with Gasteiger partial charge in [-0.05, 0) is 36.8 Å². The quantitative estimate of drug-likeness (QED) is 0.855. The molecular weight excluding hydrogens is 304 g/mol. The standard InChI is InChI=1S/C14H10ClF2NOS/c1-7-2-3-12(9(15)4-7)19-13-10(16)5-8(14(18)20)6-11(13)17/h2-6H,1H3,(H2,18,20). The van der Waals surface area contributed by atoms with Gasteiger partial charge in [0.05, 0.1) is 5.02 Å². The molecule has 0 atom stereocenters. The van der Waals surface area contributed by atoms with Crippen molar-refractivity contribution in [2.75, 3.05) is 0 Å². The van der Waals surface area contributed by atoms with Crippen molar-refractivity contribution in [2.45, 2.75) is 6.92 Å². The Morgan fingerprint density at radius 3 is 2.30 bits per heavy atom. The number of thiocarbonyl (C=S) groups is 1. The summed E-state index contributed by atoms with van der Waals surface area (Å²) in [7, 11) is 0. The van der Waals surface area contributed by atoms with Gasteiger partial charge >= 0.3 is 0 Å². The molecule has 104 valence electrons. The number of hydrogen-bond donors (Lipinski definition) is 1. The van der Waals surface area contributed by atoms with Gasteiger partial charge in [0.2, 0.25) is 0 Å². The second-order valence-corrected chi connectivity index (χ2v) is 5.02. The molecule has 2 rings (SSSR count). The highest BCUT2D eigenvalue weighted by molar-refractivity contribution is 7.80. The van der Waals surface area contributed by atoms with Crippen molar-refractivity contribution >= 4 is 28.8 Å². The Bertz CT molecular complexity index is 668. The maximum absolute atomic E-state index is 13.8. The van der Waals surface area contributed by atoms with Crippen LogP contribution in [0.2, 0.25) is 5.02 Å². The van der Waals surface area contributed by atoms with Gasteiger partial charge in [0, 0.05) is 5.56 Å². The summed E-state index contributed by atoms with van der Waals surface area (Å²) in [5.74, 6) is -2.18. The molecule has 0 amide bonds. The second kappa shape index (κ2) is 5.73. The van der Waals surface area contributed by atoms with Crippen LogP contribution in [0.25, 0.3) is 0 Å². The first kappa shape index (κ1) is 14.7. The summed E-state index contributed by atoms with van der Waals surface area (Å²) in [6.07, 6.45) is 0. The monoisotopic (exact) mass is 313 g/mol. The van der Waals surface area contributed by atoms with E-state index in [1.165, 1.54) is 6.07 Å². The van der Waals surface area contributed by atoms with Crippen molar-refractivity contribution in [1.29, 1.82) is 0 Å². The number of aryl methyl sites for hydroxylation is 1. The van der Waals surface area contributed by atoms with Gasteiger partial charge in [-0.2, -0.15) is 0 Å². The third-order valence-electron chi connectivity index (χ3n) is 2.58. The Hall–Kier alpha value is -1.72. The van der Waals surface area contributed by atoms with Crippen LogP contribution in [0.5, 0.6) is 11.5 Å².